The predicted octanol–water partition coefficient (Wildman–Crippen LogP) is 2.31. The molecular weight excluding hydrogens is 284 g/mol. The summed E-state index contributed by atoms with van der Waals surface area (Å²) in [6.45, 7) is 0. The van der Waals surface area contributed by atoms with Gasteiger partial charge < -0.3 is 25.3 Å². The van der Waals surface area contributed by atoms with E-state index in [0.717, 1.165) is 19.3 Å². The van der Waals surface area contributed by atoms with Crippen LogP contribution in [0, 0.1) is 0 Å². The largest absolute Gasteiger partial charge is 0.493 e. The van der Waals surface area contributed by atoms with Gasteiger partial charge in [-0.2, -0.15) is 0 Å². The zero-order chi connectivity index (χ0) is 16.2. The fourth-order valence-electron chi connectivity index (χ4n) is 2.82. The van der Waals surface area contributed by atoms with E-state index in [1.54, 1.807) is 12.1 Å². The Morgan fingerprint density at radius 2 is 1.59 bits per heavy atom. The summed E-state index contributed by atoms with van der Waals surface area (Å²) in [6, 6.07) is 3.40. The fourth-order valence-corrected chi connectivity index (χ4v) is 2.82. The van der Waals surface area contributed by atoms with Gasteiger partial charge >= 0.3 is 0 Å². The van der Waals surface area contributed by atoms with Gasteiger partial charge in [-0.05, 0) is 12.8 Å². The highest BCUT2D eigenvalue weighted by molar-refractivity contribution is 5.98. The number of nitrogens with two attached hydrogens (primary N) is 1. The quantitative estimate of drug-likeness (QED) is 0.872. The average Bonchev–Trinajstić information content (AvgIpc) is 2.54. The van der Waals surface area contributed by atoms with Gasteiger partial charge in [-0.3, -0.25) is 4.79 Å². The minimum atomic E-state index is -0.793. The standard InChI is InChI=1S/C16H24N2O4/c1-20-12-9-11(10-13(21-2)14(12)22-3)18-15(19)16(17)7-5-4-6-8-16/h9-10H,4-8,17H2,1-3H3,(H,18,19). The van der Waals surface area contributed by atoms with Gasteiger partial charge in [0.25, 0.3) is 0 Å². The molecule has 1 saturated carbocycles. The molecule has 122 valence electrons. The Balaban J connectivity index is 2.23. The van der Waals surface area contributed by atoms with E-state index in [2.05, 4.69) is 5.32 Å². The van der Waals surface area contributed by atoms with Crippen LogP contribution < -0.4 is 25.3 Å². The topological polar surface area (TPSA) is 82.8 Å². The van der Waals surface area contributed by atoms with Gasteiger partial charge in [-0.15, -0.1) is 0 Å². The second-order valence-electron chi connectivity index (χ2n) is 5.58. The number of benzene rings is 1. The third kappa shape index (κ3) is 3.27. The molecule has 0 spiro atoms. The normalized spacial score (nSPS) is 16.7. The first-order chi connectivity index (χ1) is 10.5. The molecule has 0 aliphatic heterocycles. The smallest absolute Gasteiger partial charge is 0.244 e. The first kappa shape index (κ1) is 16.4. The highest BCUT2D eigenvalue weighted by Crippen LogP contribution is 2.40. The molecule has 0 heterocycles. The molecule has 0 aromatic heterocycles. The molecule has 0 bridgehead atoms. The van der Waals surface area contributed by atoms with Crippen molar-refractivity contribution in [1.29, 1.82) is 0 Å². The maximum absolute atomic E-state index is 12.5. The van der Waals surface area contributed by atoms with Crippen molar-refractivity contribution in [3.63, 3.8) is 0 Å². The number of hydrogen-bond donors (Lipinski definition) is 2. The summed E-state index contributed by atoms with van der Waals surface area (Å²) in [4.78, 5) is 12.5. The Hall–Kier alpha value is -1.95. The van der Waals surface area contributed by atoms with Gasteiger partial charge in [0, 0.05) is 17.8 Å². The third-order valence-electron chi connectivity index (χ3n) is 4.12. The van der Waals surface area contributed by atoms with Gasteiger partial charge in [0.05, 0.1) is 26.9 Å². The van der Waals surface area contributed by atoms with Crippen molar-refractivity contribution in [2.45, 2.75) is 37.6 Å². The molecule has 1 aromatic rings. The summed E-state index contributed by atoms with van der Waals surface area (Å²) < 4.78 is 15.8. The van der Waals surface area contributed by atoms with Crippen molar-refractivity contribution in [1.82, 2.24) is 0 Å². The Labute approximate surface area is 130 Å². The number of anilines is 1. The maximum atomic E-state index is 12.5. The van der Waals surface area contributed by atoms with E-state index in [-0.39, 0.29) is 5.91 Å². The molecule has 1 aliphatic carbocycles. The molecule has 22 heavy (non-hydrogen) atoms. The van der Waals surface area contributed by atoms with Crippen LogP contribution in [0.5, 0.6) is 17.2 Å². The number of methoxy groups -OCH3 is 3. The van der Waals surface area contributed by atoms with Crippen molar-refractivity contribution < 1.29 is 19.0 Å². The molecular formula is C16H24N2O4. The molecule has 0 atom stereocenters. The van der Waals surface area contributed by atoms with Crippen molar-refractivity contribution >= 4 is 11.6 Å². The lowest BCUT2D eigenvalue weighted by atomic mass is 9.82. The molecule has 1 amide bonds. The second-order valence-corrected chi connectivity index (χ2v) is 5.58. The second kappa shape index (κ2) is 6.87. The van der Waals surface area contributed by atoms with E-state index in [1.807, 2.05) is 0 Å². The minimum absolute atomic E-state index is 0.165. The van der Waals surface area contributed by atoms with Crippen molar-refractivity contribution in [3.05, 3.63) is 12.1 Å². The van der Waals surface area contributed by atoms with E-state index in [0.29, 0.717) is 35.8 Å². The van der Waals surface area contributed by atoms with Crippen LogP contribution in [0.15, 0.2) is 12.1 Å². The van der Waals surface area contributed by atoms with Crippen LogP contribution in [0.4, 0.5) is 5.69 Å². The molecule has 0 radical (unpaired) electrons. The summed E-state index contributed by atoms with van der Waals surface area (Å²) in [5, 5.41) is 2.87. The van der Waals surface area contributed by atoms with Gasteiger partial charge in [0.15, 0.2) is 11.5 Å². The zero-order valence-corrected chi connectivity index (χ0v) is 13.4. The predicted molar refractivity (Wildman–Crippen MR) is 84.7 cm³/mol. The highest BCUT2D eigenvalue weighted by atomic mass is 16.5. The summed E-state index contributed by atoms with van der Waals surface area (Å²) in [5.74, 6) is 1.31. The number of carbonyl (C=O) groups is 1. The third-order valence-corrected chi connectivity index (χ3v) is 4.12. The van der Waals surface area contributed by atoms with Gasteiger partial charge in [0.1, 0.15) is 0 Å². The molecule has 6 nitrogen and oxygen atoms in total. The number of amides is 1. The zero-order valence-electron chi connectivity index (χ0n) is 13.4. The minimum Gasteiger partial charge on any atom is -0.493 e. The average molecular weight is 308 g/mol. The van der Waals surface area contributed by atoms with Crippen LogP contribution in [0.2, 0.25) is 0 Å². The Morgan fingerprint density at radius 3 is 2.05 bits per heavy atom. The van der Waals surface area contributed by atoms with E-state index in [9.17, 15) is 4.79 Å². The molecule has 1 aliphatic rings. The maximum Gasteiger partial charge on any atom is 0.244 e. The summed E-state index contributed by atoms with van der Waals surface area (Å²) in [6.07, 6.45) is 4.53. The van der Waals surface area contributed by atoms with E-state index in [1.165, 1.54) is 21.3 Å². The van der Waals surface area contributed by atoms with E-state index >= 15 is 0 Å². The van der Waals surface area contributed by atoms with Crippen LogP contribution in [-0.4, -0.2) is 32.8 Å². The van der Waals surface area contributed by atoms with Crippen LogP contribution in [-0.2, 0) is 4.79 Å². The van der Waals surface area contributed by atoms with Crippen LogP contribution in [0.25, 0.3) is 0 Å². The summed E-state index contributed by atoms with van der Waals surface area (Å²) in [5.41, 5.74) is 6.03. The number of carbonyl (C=O) groups excluding carboxylic acids is 1. The number of rotatable bonds is 5. The van der Waals surface area contributed by atoms with Crippen molar-refractivity contribution in [2.75, 3.05) is 26.6 Å². The van der Waals surface area contributed by atoms with Crippen LogP contribution in [0.1, 0.15) is 32.1 Å². The molecule has 3 N–H and O–H groups in total. The number of hydrogen-bond acceptors (Lipinski definition) is 5. The molecule has 2 rings (SSSR count). The Kier molecular flexibility index (Phi) is 5.13. The lowest BCUT2D eigenvalue weighted by Crippen LogP contribution is -2.52. The van der Waals surface area contributed by atoms with Gasteiger partial charge in [0.2, 0.25) is 11.7 Å². The Bertz CT molecular complexity index is 514. The summed E-state index contributed by atoms with van der Waals surface area (Å²) >= 11 is 0. The number of ether oxygens (including phenoxy) is 3. The molecule has 0 unspecified atom stereocenters. The molecule has 1 aromatic carbocycles. The van der Waals surface area contributed by atoms with Crippen LogP contribution >= 0.6 is 0 Å². The highest BCUT2D eigenvalue weighted by Gasteiger charge is 2.35. The lowest BCUT2D eigenvalue weighted by Gasteiger charge is -2.31. The lowest BCUT2D eigenvalue weighted by molar-refractivity contribution is -0.122. The monoisotopic (exact) mass is 308 g/mol. The summed E-state index contributed by atoms with van der Waals surface area (Å²) in [7, 11) is 4.61. The fraction of sp³-hybridized carbons (Fsp3) is 0.562. The Morgan fingerprint density at radius 1 is 1.05 bits per heavy atom. The molecule has 1 fully saturated rings. The molecule has 6 heteroatoms. The van der Waals surface area contributed by atoms with E-state index < -0.39 is 5.54 Å². The van der Waals surface area contributed by atoms with Crippen molar-refractivity contribution in [3.8, 4) is 17.2 Å². The van der Waals surface area contributed by atoms with Crippen LogP contribution in [0.3, 0.4) is 0 Å². The number of nitrogens with one attached hydrogen (secondary N) is 1. The SMILES string of the molecule is COc1cc(NC(=O)C2(N)CCCCC2)cc(OC)c1OC. The molecule has 0 saturated heterocycles. The van der Waals surface area contributed by atoms with Gasteiger partial charge in [-0.25, -0.2) is 0 Å². The first-order valence-corrected chi connectivity index (χ1v) is 7.44. The van der Waals surface area contributed by atoms with E-state index in [4.69, 9.17) is 19.9 Å². The first-order valence-electron chi connectivity index (χ1n) is 7.44. The van der Waals surface area contributed by atoms with Crippen molar-refractivity contribution in [2.24, 2.45) is 5.73 Å². The van der Waals surface area contributed by atoms with Gasteiger partial charge in [-0.1, -0.05) is 19.3 Å².